The van der Waals surface area contributed by atoms with Crippen LogP contribution in [-0.4, -0.2) is 51.9 Å². The van der Waals surface area contributed by atoms with Gasteiger partial charge in [-0.1, -0.05) is 12.1 Å². The Hall–Kier alpha value is -3.42. The summed E-state index contributed by atoms with van der Waals surface area (Å²) in [5, 5.41) is 16.3. The monoisotopic (exact) mass is 508 g/mol. The minimum Gasteiger partial charge on any atom is -0.363 e. The average Bonchev–Trinajstić information content (AvgIpc) is 2.79. The molecular formula is C22H23F3N6O3S. The van der Waals surface area contributed by atoms with Gasteiger partial charge in [-0.25, -0.2) is 30.9 Å². The second-order valence-electron chi connectivity index (χ2n) is 7.76. The molecule has 0 amide bonds. The summed E-state index contributed by atoms with van der Waals surface area (Å²) >= 11 is 0. The summed E-state index contributed by atoms with van der Waals surface area (Å²) in [5.74, 6) is -5.74. The van der Waals surface area contributed by atoms with Crippen LogP contribution < -0.4 is 10.0 Å². The molecule has 2 aromatic carbocycles. The fraction of sp³-hybridized carbons (Fsp3) is 0.273. The van der Waals surface area contributed by atoms with Gasteiger partial charge in [0.1, 0.15) is 23.3 Å². The van der Waals surface area contributed by atoms with Crippen LogP contribution in [0, 0.1) is 34.2 Å². The fourth-order valence-electron chi connectivity index (χ4n) is 3.50. The van der Waals surface area contributed by atoms with Crippen LogP contribution in [-0.2, 0) is 14.8 Å². The van der Waals surface area contributed by atoms with Crippen LogP contribution in [0.5, 0.6) is 0 Å². The molecule has 0 bridgehead atoms. The number of benzene rings is 2. The second-order valence-corrected chi connectivity index (χ2v) is 9.59. The number of nitrogens with one attached hydrogen (secondary N) is 2. The van der Waals surface area contributed by atoms with Crippen molar-refractivity contribution in [1.29, 1.82) is 10.8 Å². The van der Waals surface area contributed by atoms with E-state index in [-0.39, 0.29) is 17.7 Å². The first-order valence-electron chi connectivity index (χ1n) is 10.2. The topological polar surface area (TPSA) is 145 Å². The van der Waals surface area contributed by atoms with E-state index in [1.165, 1.54) is 25.3 Å². The van der Waals surface area contributed by atoms with Crippen LogP contribution in [0.2, 0.25) is 0 Å². The number of anilines is 1. The zero-order chi connectivity index (χ0) is 26.0. The number of nitrogens with zero attached hydrogens (tertiary/aromatic N) is 3. The maximum atomic E-state index is 15.7. The largest absolute Gasteiger partial charge is 0.363 e. The van der Waals surface area contributed by atoms with Crippen molar-refractivity contribution in [2.45, 2.75) is 24.0 Å². The molecule has 0 aliphatic carbocycles. The summed E-state index contributed by atoms with van der Waals surface area (Å²) < 4.78 is 75.4. The Morgan fingerprint density at radius 1 is 1.31 bits per heavy atom. The van der Waals surface area contributed by atoms with Gasteiger partial charge in [-0.3, -0.25) is 10.7 Å². The molecule has 2 unspecified atom stereocenters. The minimum absolute atomic E-state index is 0.180. The number of aliphatic imine (C=N–C) groups is 2. The van der Waals surface area contributed by atoms with E-state index < -0.39 is 56.5 Å². The maximum Gasteiger partial charge on any atom is 0.269 e. The van der Waals surface area contributed by atoms with Gasteiger partial charge in [0.2, 0.25) is 0 Å². The highest BCUT2D eigenvalue weighted by atomic mass is 32.2. The Labute approximate surface area is 200 Å². The quantitative estimate of drug-likeness (QED) is 0.353. The highest BCUT2D eigenvalue weighted by Gasteiger charge is 2.33. The van der Waals surface area contributed by atoms with E-state index in [1.54, 1.807) is 0 Å². The van der Waals surface area contributed by atoms with E-state index in [2.05, 4.69) is 9.98 Å². The first-order chi connectivity index (χ1) is 16.4. The summed E-state index contributed by atoms with van der Waals surface area (Å²) in [5.41, 5.74) is 4.95. The van der Waals surface area contributed by atoms with Gasteiger partial charge in [-0.2, -0.15) is 0 Å². The molecule has 3 rings (SSSR count). The Morgan fingerprint density at radius 2 is 2.03 bits per heavy atom. The lowest BCUT2D eigenvalue weighted by Gasteiger charge is -2.26. The number of rotatable bonds is 9. The van der Waals surface area contributed by atoms with Crippen molar-refractivity contribution in [3.8, 4) is 0 Å². The third-order valence-corrected chi connectivity index (χ3v) is 6.86. The molecule has 186 valence electrons. The Balaban J connectivity index is 2.09. The van der Waals surface area contributed by atoms with Crippen LogP contribution in [0.3, 0.4) is 0 Å². The molecule has 13 heteroatoms. The predicted octanol–water partition coefficient (Wildman–Crippen LogP) is 3.08. The smallest absolute Gasteiger partial charge is 0.269 e. The van der Waals surface area contributed by atoms with E-state index in [9.17, 15) is 17.2 Å². The number of hydrogen-bond acceptors (Lipinski definition) is 8. The van der Waals surface area contributed by atoms with E-state index in [1.807, 2.05) is 0 Å². The van der Waals surface area contributed by atoms with Crippen molar-refractivity contribution in [1.82, 2.24) is 0 Å². The van der Waals surface area contributed by atoms with Crippen molar-refractivity contribution in [2.24, 2.45) is 21.6 Å². The van der Waals surface area contributed by atoms with E-state index in [0.29, 0.717) is 22.1 Å². The summed E-state index contributed by atoms with van der Waals surface area (Å²) in [4.78, 5) is 7.22. The maximum absolute atomic E-state index is 15.7. The van der Waals surface area contributed by atoms with Crippen LogP contribution in [0.4, 0.5) is 18.9 Å². The van der Waals surface area contributed by atoms with Crippen molar-refractivity contribution in [3.63, 3.8) is 0 Å². The zero-order valence-corrected chi connectivity index (χ0v) is 19.6. The molecular weight excluding hydrogens is 485 g/mol. The Morgan fingerprint density at radius 3 is 2.66 bits per heavy atom. The normalized spacial score (nSPS) is 18.6. The van der Waals surface area contributed by atoms with Crippen LogP contribution >= 0.6 is 0 Å². The minimum atomic E-state index is -4.82. The summed E-state index contributed by atoms with van der Waals surface area (Å²) in [6.45, 7) is 0.794. The van der Waals surface area contributed by atoms with E-state index >= 15 is 4.39 Å². The number of methoxy groups -OCH3 is 1. The van der Waals surface area contributed by atoms with Crippen molar-refractivity contribution >= 4 is 39.6 Å². The Bertz CT molecular complexity index is 1330. The number of ether oxygens (including phenoxy) is 1. The van der Waals surface area contributed by atoms with Crippen molar-refractivity contribution in [3.05, 3.63) is 59.4 Å². The summed E-state index contributed by atoms with van der Waals surface area (Å²) in [6, 6.07) is 5.50. The van der Waals surface area contributed by atoms with Crippen LogP contribution in [0.15, 0.2) is 51.3 Å². The van der Waals surface area contributed by atoms with Gasteiger partial charge in [0.15, 0.2) is 11.6 Å². The third-order valence-electron chi connectivity index (χ3n) is 5.10. The number of sulfonamides is 1. The van der Waals surface area contributed by atoms with Crippen molar-refractivity contribution < 1.29 is 26.3 Å². The van der Waals surface area contributed by atoms with Gasteiger partial charge in [0.05, 0.1) is 17.3 Å². The zero-order valence-electron chi connectivity index (χ0n) is 18.8. The molecule has 1 heterocycles. The van der Waals surface area contributed by atoms with Gasteiger partial charge < -0.3 is 15.6 Å². The molecule has 0 spiro atoms. The van der Waals surface area contributed by atoms with Gasteiger partial charge in [0, 0.05) is 37.2 Å². The predicted molar refractivity (Wildman–Crippen MR) is 127 cm³/mol. The van der Waals surface area contributed by atoms with Crippen LogP contribution in [0.25, 0.3) is 0 Å². The first kappa shape index (κ1) is 26.2. The molecule has 0 saturated heterocycles. The fourth-order valence-corrected chi connectivity index (χ4v) is 4.96. The van der Waals surface area contributed by atoms with Gasteiger partial charge >= 0.3 is 0 Å². The summed E-state index contributed by atoms with van der Waals surface area (Å²) in [7, 11) is -3.67. The molecule has 0 fully saturated rings. The molecule has 0 aromatic heterocycles. The van der Waals surface area contributed by atoms with Crippen molar-refractivity contribution in [2.75, 3.05) is 18.1 Å². The highest BCUT2D eigenvalue weighted by molar-refractivity contribution is 7.92. The molecule has 1 aliphatic heterocycles. The SMILES string of the molecule is COCN(c1cccc(C(=N)C(C=N)C2=NC(C)(N)N=CC2)c1F)S(=O)(=O)c1cc(F)ccc1F. The molecule has 0 radical (unpaired) electrons. The van der Waals surface area contributed by atoms with Crippen LogP contribution in [0.1, 0.15) is 18.9 Å². The lowest BCUT2D eigenvalue weighted by molar-refractivity contribution is 0.209. The molecule has 35 heavy (non-hydrogen) atoms. The van der Waals surface area contributed by atoms with Gasteiger partial charge in [-0.05, 0) is 31.2 Å². The third kappa shape index (κ3) is 5.31. The molecule has 2 aromatic rings. The van der Waals surface area contributed by atoms with Gasteiger partial charge in [-0.15, -0.1) is 0 Å². The molecule has 0 saturated carbocycles. The average molecular weight is 509 g/mol. The second kappa shape index (κ2) is 10.1. The van der Waals surface area contributed by atoms with E-state index in [4.69, 9.17) is 21.3 Å². The summed E-state index contributed by atoms with van der Waals surface area (Å²) in [6.07, 6.45) is 2.56. The Kier molecular flexibility index (Phi) is 7.53. The lowest BCUT2D eigenvalue weighted by Crippen LogP contribution is -2.39. The molecule has 1 aliphatic rings. The number of nitrogens with two attached hydrogens (primary N) is 1. The molecule has 4 N–H and O–H groups in total. The number of hydrogen-bond donors (Lipinski definition) is 3. The molecule has 9 nitrogen and oxygen atoms in total. The first-order valence-corrected chi connectivity index (χ1v) is 11.6. The van der Waals surface area contributed by atoms with E-state index in [0.717, 1.165) is 25.5 Å². The highest BCUT2D eigenvalue weighted by Crippen LogP contribution is 2.31. The van der Waals surface area contributed by atoms with Gasteiger partial charge in [0.25, 0.3) is 10.0 Å². The number of halogens is 3. The lowest BCUT2D eigenvalue weighted by atomic mass is 9.90. The molecule has 2 atom stereocenters. The standard InChI is InChI=1S/C22H23F3N6O3S/c1-22(28)29-9-8-17(30-22)15(11-26)21(27)14-4-3-5-18(20(14)25)31(12-34-2)35(32,33)19-10-13(23)6-7-16(19)24/h3-7,9-11,15,26-27H,8,12,28H2,1-2H3.